The molecular weight excluding hydrogens is 380 g/mol. The third-order valence-corrected chi connectivity index (χ3v) is 4.77. The van der Waals surface area contributed by atoms with Gasteiger partial charge in [0.2, 0.25) is 5.89 Å². The first kappa shape index (κ1) is 21.4. The Bertz CT molecular complexity index is 1060. The lowest BCUT2D eigenvalue weighted by atomic mass is 10.0. The molecule has 6 nitrogen and oxygen atoms in total. The van der Waals surface area contributed by atoms with Crippen molar-refractivity contribution in [2.75, 3.05) is 0 Å². The van der Waals surface area contributed by atoms with Crippen molar-refractivity contribution in [1.82, 2.24) is 10.3 Å². The Morgan fingerprint density at radius 1 is 1.27 bits per heavy atom. The molecule has 6 heteroatoms. The highest BCUT2D eigenvalue weighted by molar-refractivity contribution is 5.76. The van der Waals surface area contributed by atoms with Crippen molar-refractivity contribution < 1.29 is 19.1 Å². The van der Waals surface area contributed by atoms with Crippen LogP contribution < -0.4 is 10.1 Å². The van der Waals surface area contributed by atoms with Crippen molar-refractivity contribution >= 4 is 17.1 Å². The number of carboxylic acid groups (broad SMARTS) is 1. The summed E-state index contributed by atoms with van der Waals surface area (Å²) in [4.78, 5) is 16.0. The third kappa shape index (κ3) is 4.81. The number of benzene rings is 2. The lowest BCUT2D eigenvalue weighted by molar-refractivity contribution is -0.152. The summed E-state index contributed by atoms with van der Waals surface area (Å²) in [6.45, 7) is 6.89. The molecule has 0 fully saturated rings. The lowest BCUT2D eigenvalue weighted by Crippen LogP contribution is -2.37. The van der Waals surface area contributed by atoms with E-state index in [9.17, 15) is 9.90 Å². The van der Waals surface area contributed by atoms with Gasteiger partial charge >= 0.3 is 5.97 Å². The summed E-state index contributed by atoms with van der Waals surface area (Å²) >= 11 is 0. The average molecular weight is 406 g/mol. The number of fused-ring (bicyclic) bond motifs is 1. The minimum absolute atomic E-state index is 0.0534. The molecule has 0 aliphatic rings. The number of carboxylic acids is 1. The summed E-state index contributed by atoms with van der Waals surface area (Å²) in [5.41, 5.74) is 1.16. The van der Waals surface area contributed by atoms with Gasteiger partial charge in [0.05, 0.1) is 0 Å². The van der Waals surface area contributed by atoms with Gasteiger partial charge in [-0.1, -0.05) is 37.1 Å². The predicted octanol–water partition coefficient (Wildman–Crippen LogP) is 4.88. The Morgan fingerprint density at radius 3 is 2.70 bits per heavy atom. The minimum atomic E-state index is -1.32. The minimum Gasteiger partial charge on any atom is -0.478 e. The first-order valence-electron chi connectivity index (χ1n) is 9.90. The molecule has 0 amide bonds. The van der Waals surface area contributed by atoms with Gasteiger partial charge in [0.15, 0.2) is 11.2 Å². The van der Waals surface area contributed by atoms with Crippen molar-refractivity contribution in [2.45, 2.75) is 51.8 Å². The Balaban J connectivity index is 1.86. The third-order valence-electron chi connectivity index (χ3n) is 4.77. The van der Waals surface area contributed by atoms with E-state index in [2.05, 4.69) is 29.1 Å². The van der Waals surface area contributed by atoms with E-state index >= 15 is 0 Å². The first-order chi connectivity index (χ1) is 14.3. The largest absolute Gasteiger partial charge is 0.478 e. The number of ether oxygens (including phenoxy) is 1. The molecule has 3 rings (SSSR count). The molecule has 2 aromatic carbocycles. The van der Waals surface area contributed by atoms with Crippen LogP contribution in [0.5, 0.6) is 5.75 Å². The standard InChI is InChI=1S/C24H26N2O4/c1-5-10-20(22-26-19-13-7-8-14-21(19)29-22)25-18(6-2)16-11-9-12-17(15-16)30-24(3,4)23(27)28/h7-9,11-15,18,20,25H,6H2,1-4H3,(H,27,28). The number of rotatable bonds is 8. The summed E-state index contributed by atoms with van der Waals surface area (Å²) in [7, 11) is 0. The number of carbonyl (C=O) groups is 1. The number of nitrogens with zero attached hydrogens (tertiary/aromatic N) is 1. The predicted molar refractivity (Wildman–Crippen MR) is 115 cm³/mol. The quantitative estimate of drug-likeness (QED) is 0.519. The number of oxazole rings is 1. The number of aromatic nitrogens is 1. The number of hydrogen-bond donors (Lipinski definition) is 2. The molecule has 3 aromatic rings. The van der Waals surface area contributed by atoms with E-state index < -0.39 is 11.6 Å². The SMILES string of the molecule is CC#CC(NC(CC)c1cccc(OC(C)(C)C(=O)O)c1)c1nc2ccccc2o1. The van der Waals surface area contributed by atoms with Gasteiger partial charge in [-0.05, 0) is 57.0 Å². The zero-order valence-electron chi connectivity index (χ0n) is 17.6. The highest BCUT2D eigenvalue weighted by Gasteiger charge is 2.29. The number of para-hydroxylation sites is 2. The van der Waals surface area contributed by atoms with Crippen LogP contribution in [0.15, 0.2) is 52.9 Å². The summed E-state index contributed by atoms with van der Waals surface area (Å²) in [6.07, 6.45) is 0.786. The molecule has 30 heavy (non-hydrogen) atoms. The molecule has 0 saturated heterocycles. The molecule has 2 N–H and O–H groups in total. The van der Waals surface area contributed by atoms with Gasteiger partial charge in [-0.2, -0.15) is 0 Å². The van der Waals surface area contributed by atoms with E-state index in [0.29, 0.717) is 11.6 Å². The Labute approximate surface area is 176 Å². The van der Waals surface area contributed by atoms with Crippen LogP contribution in [0.25, 0.3) is 11.1 Å². The van der Waals surface area contributed by atoms with E-state index in [1.807, 2.05) is 42.5 Å². The summed E-state index contributed by atoms with van der Waals surface area (Å²) in [5.74, 6) is 6.08. The molecule has 1 aromatic heterocycles. The smallest absolute Gasteiger partial charge is 0.347 e. The van der Waals surface area contributed by atoms with Gasteiger partial charge in [0.1, 0.15) is 17.3 Å². The van der Waals surface area contributed by atoms with Crippen molar-refractivity contribution in [3.8, 4) is 17.6 Å². The molecule has 0 spiro atoms. The van der Waals surface area contributed by atoms with Crippen molar-refractivity contribution in [3.63, 3.8) is 0 Å². The van der Waals surface area contributed by atoms with Gasteiger partial charge in [0, 0.05) is 6.04 Å². The molecule has 2 unspecified atom stereocenters. The van der Waals surface area contributed by atoms with Crippen LogP contribution in [0.2, 0.25) is 0 Å². The van der Waals surface area contributed by atoms with E-state index in [0.717, 1.165) is 23.1 Å². The van der Waals surface area contributed by atoms with Crippen molar-refractivity contribution in [3.05, 3.63) is 60.0 Å². The number of aliphatic carboxylic acids is 1. The summed E-state index contributed by atoms with van der Waals surface area (Å²) in [6, 6.07) is 14.6. The molecule has 0 radical (unpaired) electrons. The molecule has 0 aliphatic heterocycles. The Kier molecular flexibility index (Phi) is 6.43. The maximum absolute atomic E-state index is 11.4. The maximum atomic E-state index is 11.4. The van der Waals surface area contributed by atoms with Crippen molar-refractivity contribution in [2.24, 2.45) is 0 Å². The molecule has 2 atom stereocenters. The van der Waals surface area contributed by atoms with E-state index in [1.165, 1.54) is 13.8 Å². The molecule has 0 saturated carbocycles. The molecule has 0 aliphatic carbocycles. The second kappa shape index (κ2) is 9.02. The molecule has 156 valence electrons. The fraction of sp³-hybridized carbons (Fsp3) is 0.333. The van der Waals surface area contributed by atoms with Crippen LogP contribution in [-0.2, 0) is 4.79 Å². The Hall–Kier alpha value is -3.30. The average Bonchev–Trinajstić information content (AvgIpc) is 3.15. The van der Waals surface area contributed by atoms with E-state index in [1.54, 1.807) is 13.0 Å². The van der Waals surface area contributed by atoms with Crippen LogP contribution in [0.1, 0.15) is 57.7 Å². The second-order valence-corrected chi connectivity index (χ2v) is 7.46. The zero-order chi connectivity index (χ0) is 21.7. The Morgan fingerprint density at radius 2 is 2.03 bits per heavy atom. The monoisotopic (exact) mass is 406 g/mol. The first-order valence-corrected chi connectivity index (χ1v) is 9.90. The lowest BCUT2D eigenvalue weighted by Gasteiger charge is -2.24. The van der Waals surface area contributed by atoms with Crippen LogP contribution >= 0.6 is 0 Å². The summed E-state index contributed by atoms with van der Waals surface area (Å²) < 4.78 is 11.6. The van der Waals surface area contributed by atoms with Gasteiger partial charge in [0.25, 0.3) is 0 Å². The fourth-order valence-electron chi connectivity index (χ4n) is 3.12. The number of hydrogen-bond acceptors (Lipinski definition) is 5. The van der Waals surface area contributed by atoms with Gasteiger partial charge < -0.3 is 14.3 Å². The maximum Gasteiger partial charge on any atom is 0.347 e. The normalized spacial score (nSPS) is 13.3. The van der Waals surface area contributed by atoms with Crippen LogP contribution in [-0.4, -0.2) is 21.7 Å². The fourth-order valence-corrected chi connectivity index (χ4v) is 3.12. The zero-order valence-corrected chi connectivity index (χ0v) is 17.6. The molecule has 0 bridgehead atoms. The van der Waals surface area contributed by atoms with E-state index in [-0.39, 0.29) is 12.1 Å². The van der Waals surface area contributed by atoms with Gasteiger partial charge in [-0.15, -0.1) is 5.92 Å². The van der Waals surface area contributed by atoms with E-state index in [4.69, 9.17) is 9.15 Å². The highest BCUT2D eigenvalue weighted by atomic mass is 16.5. The summed E-state index contributed by atoms with van der Waals surface area (Å²) in [5, 5.41) is 12.8. The van der Waals surface area contributed by atoms with Gasteiger partial charge in [-0.3, -0.25) is 5.32 Å². The topological polar surface area (TPSA) is 84.6 Å². The second-order valence-electron chi connectivity index (χ2n) is 7.46. The van der Waals surface area contributed by atoms with Crippen LogP contribution in [0, 0.1) is 11.8 Å². The molecular formula is C24H26N2O4. The van der Waals surface area contributed by atoms with Crippen LogP contribution in [0.3, 0.4) is 0 Å². The van der Waals surface area contributed by atoms with Gasteiger partial charge in [-0.25, -0.2) is 9.78 Å². The molecule has 1 heterocycles. The number of nitrogens with one attached hydrogen (secondary N) is 1. The highest BCUT2D eigenvalue weighted by Crippen LogP contribution is 2.28. The van der Waals surface area contributed by atoms with Crippen molar-refractivity contribution in [1.29, 1.82) is 0 Å². The van der Waals surface area contributed by atoms with Crippen LogP contribution in [0.4, 0.5) is 0 Å².